The van der Waals surface area contributed by atoms with Gasteiger partial charge in [0.1, 0.15) is 5.82 Å². The molecule has 0 atom stereocenters. The van der Waals surface area contributed by atoms with E-state index >= 15 is 0 Å². The van der Waals surface area contributed by atoms with Crippen LogP contribution in [0.15, 0.2) is 49.1 Å². The third-order valence-electron chi connectivity index (χ3n) is 6.25. The maximum absolute atomic E-state index is 5.88. The Hall–Kier alpha value is -3.26. The molecule has 0 aromatic carbocycles. The molecule has 5 rings (SSSR count). The number of anilines is 1. The Kier molecular flexibility index (Phi) is 5.38. The smallest absolute Gasteiger partial charge is 0.159 e. The van der Waals surface area contributed by atoms with Crippen molar-refractivity contribution in [1.82, 2.24) is 29.4 Å². The molecule has 0 bridgehead atoms. The van der Waals surface area contributed by atoms with Gasteiger partial charge < -0.3 is 11.1 Å². The number of rotatable bonds is 6. The minimum absolute atomic E-state index is 0.466. The second-order valence-corrected chi connectivity index (χ2v) is 8.42. The zero-order chi connectivity index (χ0) is 21.2. The van der Waals surface area contributed by atoms with Crippen LogP contribution in [0.3, 0.4) is 0 Å². The predicted octanol–water partition coefficient (Wildman–Crippen LogP) is 3.46. The summed E-state index contributed by atoms with van der Waals surface area (Å²) in [4.78, 5) is 9.06. The third-order valence-corrected chi connectivity index (χ3v) is 6.25. The number of nitrogens with zero attached hydrogens (tertiary/aromatic N) is 6. The molecule has 8 heteroatoms. The molecule has 0 unspecified atom stereocenters. The van der Waals surface area contributed by atoms with Crippen LogP contribution < -0.4 is 11.1 Å². The van der Waals surface area contributed by atoms with E-state index in [1.165, 1.54) is 12.8 Å². The maximum Gasteiger partial charge on any atom is 0.159 e. The molecular weight excluding hydrogens is 388 g/mol. The monoisotopic (exact) mass is 416 g/mol. The van der Waals surface area contributed by atoms with Crippen LogP contribution in [0.2, 0.25) is 0 Å². The zero-order valence-corrected chi connectivity index (χ0v) is 17.8. The fourth-order valence-electron chi connectivity index (χ4n) is 4.37. The number of nitrogens with one attached hydrogen (secondary N) is 1. The molecule has 0 aliphatic heterocycles. The number of aryl methyl sites for hydroxylation is 1. The number of pyridine rings is 1. The average Bonchev–Trinajstić information content (AvgIpc) is 3.43. The lowest BCUT2D eigenvalue weighted by molar-refractivity contribution is 0.328. The highest BCUT2D eigenvalue weighted by Crippen LogP contribution is 2.36. The summed E-state index contributed by atoms with van der Waals surface area (Å²) in [5.41, 5.74) is 10.0. The highest BCUT2D eigenvalue weighted by Gasteiger charge is 2.25. The molecular formula is C23H28N8. The van der Waals surface area contributed by atoms with E-state index in [0.717, 1.165) is 53.5 Å². The van der Waals surface area contributed by atoms with Crippen molar-refractivity contribution in [3.05, 3.63) is 65.9 Å². The molecule has 4 aromatic rings. The van der Waals surface area contributed by atoms with Crippen molar-refractivity contribution < 1.29 is 0 Å². The van der Waals surface area contributed by atoms with E-state index in [9.17, 15) is 0 Å². The zero-order valence-electron chi connectivity index (χ0n) is 17.8. The van der Waals surface area contributed by atoms with Gasteiger partial charge in [0, 0.05) is 42.7 Å². The topological polar surface area (TPSA) is 99.0 Å². The SMILES string of the molecule is Cc1ccc(-n2nc(C3CCC(CN)CC3)cc2NCc2cnn3cccnc23)nc1. The number of nitrogens with two attached hydrogens (primary N) is 1. The molecule has 1 saturated carbocycles. The van der Waals surface area contributed by atoms with Gasteiger partial charge >= 0.3 is 0 Å². The molecule has 0 spiro atoms. The number of aromatic nitrogens is 6. The Morgan fingerprint density at radius 2 is 2.00 bits per heavy atom. The third kappa shape index (κ3) is 4.03. The fourth-order valence-corrected chi connectivity index (χ4v) is 4.37. The van der Waals surface area contributed by atoms with Crippen molar-refractivity contribution in [2.45, 2.75) is 45.1 Å². The molecule has 31 heavy (non-hydrogen) atoms. The van der Waals surface area contributed by atoms with Gasteiger partial charge in [-0.1, -0.05) is 6.07 Å². The molecule has 4 aromatic heterocycles. The van der Waals surface area contributed by atoms with Gasteiger partial charge in [0.25, 0.3) is 0 Å². The fraction of sp³-hybridized carbons (Fsp3) is 0.391. The van der Waals surface area contributed by atoms with Crippen molar-refractivity contribution in [2.24, 2.45) is 11.7 Å². The normalized spacial score (nSPS) is 19.0. The van der Waals surface area contributed by atoms with Gasteiger partial charge in [0.15, 0.2) is 11.5 Å². The summed E-state index contributed by atoms with van der Waals surface area (Å²) in [5, 5.41) is 12.9. The molecule has 1 aliphatic carbocycles. The first-order valence-electron chi connectivity index (χ1n) is 11.0. The maximum atomic E-state index is 5.88. The van der Waals surface area contributed by atoms with Crippen LogP contribution >= 0.6 is 0 Å². The molecule has 0 radical (unpaired) electrons. The van der Waals surface area contributed by atoms with Gasteiger partial charge in [0.05, 0.1) is 11.9 Å². The molecule has 4 heterocycles. The largest absolute Gasteiger partial charge is 0.366 e. The predicted molar refractivity (Wildman–Crippen MR) is 120 cm³/mol. The van der Waals surface area contributed by atoms with Crippen LogP contribution in [0.1, 0.15) is 48.4 Å². The first kappa shape index (κ1) is 19.7. The van der Waals surface area contributed by atoms with Crippen LogP contribution in [0.4, 0.5) is 5.82 Å². The molecule has 3 N–H and O–H groups in total. The van der Waals surface area contributed by atoms with Crippen molar-refractivity contribution in [2.75, 3.05) is 11.9 Å². The number of hydrogen-bond acceptors (Lipinski definition) is 6. The molecule has 160 valence electrons. The highest BCUT2D eigenvalue weighted by molar-refractivity contribution is 5.50. The van der Waals surface area contributed by atoms with Crippen molar-refractivity contribution in [1.29, 1.82) is 0 Å². The van der Waals surface area contributed by atoms with Gasteiger partial charge in [-0.15, -0.1) is 0 Å². The summed E-state index contributed by atoms with van der Waals surface area (Å²) < 4.78 is 3.71. The van der Waals surface area contributed by atoms with E-state index in [1.807, 2.05) is 42.3 Å². The van der Waals surface area contributed by atoms with Crippen LogP contribution in [0.5, 0.6) is 0 Å². The minimum Gasteiger partial charge on any atom is -0.366 e. The number of hydrogen-bond donors (Lipinski definition) is 2. The molecule has 1 fully saturated rings. The van der Waals surface area contributed by atoms with Crippen LogP contribution in [-0.4, -0.2) is 35.9 Å². The van der Waals surface area contributed by atoms with E-state index < -0.39 is 0 Å². The van der Waals surface area contributed by atoms with Gasteiger partial charge in [-0.05, 0) is 62.8 Å². The molecule has 0 saturated heterocycles. The van der Waals surface area contributed by atoms with Crippen molar-refractivity contribution in [3.8, 4) is 5.82 Å². The summed E-state index contributed by atoms with van der Waals surface area (Å²) in [5.74, 6) is 2.86. The second-order valence-electron chi connectivity index (χ2n) is 8.42. The Morgan fingerprint density at radius 3 is 2.77 bits per heavy atom. The first-order valence-corrected chi connectivity index (χ1v) is 11.0. The van der Waals surface area contributed by atoms with Gasteiger partial charge in [0.2, 0.25) is 0 Å². The van der Waals surface area contributed by atoms with Crippen molar-refractivity contribution in [3.63, 3.8) is 0 Å². The molecule has 8 nitrogen and oxygen atoms in total. The summed E-state index contributed by atoms with van der Waals surface area (Å²) in [6.45, 7) is 3.44. The lowest BCUT2D eigenvalue weighted by Crippen LogP contribution is -2.20. The van der Waals surface area contributed by atoms with Gasteiger partial charge in [-0.2, -0.15) is 14.9 Å². The Bertz CT molecular complexity index is 1150. The molecule has 1 aliphatic rings. The van der Waals surface area contributed by atoms with Gasteiger partial charge in [-0.3, -0.25) is 0 Å². The van der Waals surface area contributed by atoms with E-state index in [4.69, 9.17) is 10.8 Å². The quantitative estimate of drug-likeness (QED) is 0.499. The Morgan fingerprint density at radius 1 is 1.13 bits per heavy atom. The van der Waals surface area contributed by atoms with E-state index in [1.54, 1.807) is 10.7 Å². The van der Waals surface area contributed by atoms with Crippen LogP contribution in [-0.2, 0) is 6.54 Å². The summed E-state index contributed by atoms with van der Waals surface area (Å²) in [7, 11) is 0. The summed E-state index contributed by atoms with van der Waals surface area (Å²) >= 11 is 0. The van der Waals surface area contributed by atoms with Crippen LogP contribution in [0.25, 0.3) is 11.5 Å². The minimum atomic E-state index is 0.466. The highest BCUT2D eigenvalue weighted by atomic mass is 15.4. The van der Waals surface area contributed by atoms with Crippen molar-refractivity contribution >= 4 is 11.5 Å². The average molecular weight is 417 g/mol. The summed E-state index contributed by atoms with van der Waals surface area (Å²) in [6.07, 6.45) is 12.0. The Balaban J connectivity index is 1.43. The second kappa shape index (κ2) is 8.47. The lowest BCUT2D eigenvalue weighted by atomic mass is 9.80. The lowest BCUT2D eigenvalue weighted by Gasteiger charge is -2.26. The van der Waals surface area contributed by atoms with E-state index in [-0.39, 0.29) is 0 Å². The molecule has 0 amide bonds. The van der Waals surface area contributed by atoms with E-state index in [2.05, 4.69) is 32.5 Å². The Labute approximate surface area is 181 Å². The van der Waals surface area contributed by atoms with E-state index in [0.29, 0.717) is 18.4 Å². The first-order chi connectivity index (χ1) is 15.2. The standard InChI is InChI=1S/C23H28N8/c1-16-3-8-21(26-13-16)31-22(11-20(29-31)18-6-4-17(12-24)5-7-18)27-14-19-15-28-30-10-2-9-25-23(19)30/h2-3,8-11,13,15,17-18,27H,4-7,12,14,24H2,1H3. The van der Waals surface area contributed by atoms with Gasteiger partial charge in [-0.25, -0.2) is 14.5 Å². The summed E-state index contributed by atoms with van der Waals surface area (Å²) in [6, 6.07) is 8.13. The van der Waals surface area contributed by atoms with Crippen LogP contribution in [0, 0.1) is 12.8 Å². The number of fused-ring (bicyclic) bond motifs is 1.